The van der Waals surface area contributed by atoms with Gasteiger partial charge in [0.15, 0.2) is 9.84 Å². The molecule has 0 spiro atoms. The minimum atomic E-state index is -2.98. The average molecular weight is 286 g/mol. The molecule has 1 aromatic heterocycles. The molecule has 1 aliphatic rings. The highest BCUT2D eigenvalue weighted by Crippen LogP contribution is 2.18. The fraction of sp³-hybridized carbons (Fsp3) is 0.667. The fourth-order valence-electron chi connectivity index (χ4n) is 2.42. The lowest BCUT2D eigenvalue weighted by molar-refractivity contribution is -0.132. The van der Waals surface area contributed by atoms with Crippen LogP contribution in [0.15, 0.2) is 10.6 Å². The second-order valence-electron chi connectivity index (χ2n) is 4.84. The Bertz CT molecular complexity index is 564. The van der Waals surface area contributed by atoms with Crippen molar-refractivity contribution in [3.05, 3.63) is 17.5 Å². The highest BCUT2D eigenvalue weighted by Gasteiger charge is 2.33. The fourth-order valence-corrected chi connectivity index (χ4v) is 4.15. The summed E-state index contributed by atoms with van der Waals surface area (Å²) in [5.74, 6) is 0.807. The summed E-state index contributed by atoms with van der Waals surface area (Å²) in [6, 6.07) is 1.52. The van der Waals surface area contributed by atoms with Crippen LogP contribution in [0.1, 0.15) is 24.8 Å². The number of nitrogens with zero attached hydrogens (tertiary/aromatic N) is 2. The molecule has 7 heteroatoms. The third-order valence-corrected chi connectivity index (χ3v) is 5.07. The van der Waals surface area contributed by atoms with Gasteiger partial charge in [-0.25, -0.2) is 8.42 Å². The molecule has 106 valence electrons. The third kappa shape index (κ3) is 3.34. The zero-order valence-corrected chi connectivity index (χ0v) is 11.9. The predicted molar refractivity (Wildman–Crippen MR) is 69.4 cm³/mol. The maximum Gasteiger partial charge on any atom is 0.228 e. The summed E-state index contributed by atoms with van der Waals surface area (Å²) in [4.78, 5) is 13.8. The van der Waals surface area contributed by atoms with Crippen LogP contribution < -0.4 is 0 Å². The van der Waals surface area contributed by atoms with E-state index in [0.29, 0.717) is 24.4 Å². The largest absolute Gasteiger partial charge is 0.361 e. The lowest BCUT2D eigenvalue weighted by Gasteiger charge is -2.26. The van der Waals surface area contributed by atoms with Gasteiger partial charge in [-0.3, -0.25) is 4.79 Å². The Hall–Kier alpha value is -1.37. The van der Waals surface area contributed by atoms with Crippen LogP contribution in [-0.4, -0.2) is 48.5 Å². The van der Waals surface area contributed by atoms with E-state index in [2.05, 4.69) is 5.16 Å². The minimum absolute atomic E-state index is 0.0738. The molecule has 0 bridgehead atoms. The summed E-state index contributed by atoms with van der Waals surface area (Å²) in [5.41, 5.74) is 0.585. The van der Waals surface area contributed by atoms with E-state index in [1.807, 2.05) is 6.92 Å². The number of hydrogen-bond donors (Lipinski definition) is 0. The van der Waals surface area contributed by atoms with E-state index in [1.54, 1.807) is 17.9 Å². The molecule has 0 radical (unpaired) electrons. The molecular formula is C12H18N2O4S. The molecule has 2 heterocycles. The second kappa shape index (κ2) is 5.32. The van der Waals surface area contributed by atoms with E-state index in [-0.39, 0.29) is 29.9 Å². The number of aryl methyl sites for hydroxylation is 1. The van der Waals surface area contributed by atoms with Crippen molar-refractivity contribution in [2.24, 2.45) is 0 Å². The van der Waals surface area contributed by atoms with Crippen molar-refractivity contribution in [2.45, 2.75) is 32.7 Å². The summed E-state index contributed by atoms with van der Waals surface area (Å²) in [6.45, 7) is 4.13. The SMILES string of the molecule is CCN(C(=O)Cc1cc(C)on1)C1CCS(=O)(=O)C1. The first-order chi connectivity index (χ1) is 8.91. The van der Waals surface area contributed by atoms with Crippen molar-refractivity contribution in [2.75, 3.05) is 18.1 Å². The maximum absolute atomic E-state index is 12.2. The highest BCUT2D eigenvalue weighted by molar-refractivity contribution is 7.91. The number of hydrogen-bond acceptors (Lipinski definition) is 5. The Labute approximate surface area is 112 Å². The topological polar surface area (TPSA) is 80.5 Å². The standard InChI is InChI=1S/C12H18N2O4S/c1-3-14(11-4-5-19(16,17)8-11)12(15)7-10-6-9(2)18-13-10/h6,11H,3-5,7-8H2,1-2H3. The van der Waals surface area contributed by atoms with E-state index < -0.39 is 9.84 Å². The van der Waals surface area contributed by atoms with Crippen LogP contribution in [-0.2, 0) is 21.1 Å². The quantitative estimate of drug-likeness (QED) is 0.808. The van der Waals surface area contributed by atoms with Gasteiger partial charge < -0.3 is 9.42 Å². The van der Waals surface area contributed by atoms with E-state index in [1.165, 1.54) is 0 Å². The second-order valence-corrected chi connectivity index (χ2v) is 7.07. The first-order valence-electron chi connectivity index (χ1n) is 6.33. The Morgan fingerprint density at radius 1 is 1.58 bits per heavy atom. The highest BCUT2D eigenvalue weighted by atomic mass is 32.2. The van der Waals surface area contributed by atoms with E-state index in [4.69, 9.17) is 4.52 Å². The van der Waals surface area contributed by atoms with Crippen LogP contribution in [0.25, 0.3) is 0 Å². The normalized spacial score (nSPS) is 21.5. The molecule has 1 amide bonds. The van der Waals surface area contributed by atoms with Gasteiger partial charge in [0.05, 0.1) is 23.6 Å². The van der Waals surface area contributed by atoms with Crippen LogP contribution in [0.2, 0.25) is 0 Å². The molecule has 1 aromatic rings. The molecule has 0 aromatic carbocycles. The van der Waals surface area contributed by atoms with Gasteiger partial charge in [0, 0.05) is 18.7 Å². The number of aromatic nitrogens is 1. The monoisotopic (exact) mass is 286 g/mol. The van der Waals surface area contributed by atoms with Gasteiger partial charge in [-0.05, 0) is 20.3 Å². The van der Waals surface area contributed by atoms with Crippen LogP contribution in [0.3, 0.4) is 0 Å². The van der Waals surface area contributed by atoms with E-state index in [9.17, 15) is 13.2 Å². The van der Waals surface area contributed by atoms with E-state index in [0.717, 1.165) is 0 Å². The number of amides is 1. The molecule has 0 saturated carbocycles. The average Bonchev–Trinajstić information content (AvgIpc) is 2.86. The lowest BCUT2D eigenvalue weighted by Crippen LogP contribution is -2.41. The lowest BCUT2D eigenvalue weighted by atomic mass is 10.2. The molecule has 1 fully saturated rings. The molecule has 1 atom stereocenters. The Kier molecular flexibility index (Phi) is 3.93. The molecular weight excluding hydrogens is 268 g/mol. The number of rotatable bonds is 4. The van der Waals surface area contributed by atoms with Crippen molar-refractivity contribution in [1.82, 2.24) is 10.1 Å². The molecule has 6 nitrogen and oxygen atoms in total. The zero-order chi connectivity index (χ0) is 14.0. The summed E-state index contributed by atoms with van der Waals surface area (Å²) in [6.07, 6.45) is 0.682. The van der Waals surface area contributed by atoms with Gasteiger partial charge in [0.2, 0.25) is 5.91 Å². The van der Waals surface area contributed by atoms with Gasteiger partial charge in [0.1, 0.15) is 5.76 Å². The van der Waals surface area contributed by atoms with Gasteiger partial charge >= 0.3 is 0 Å². The van der Waals surface area contributed by atoms with Crippen LogP contribution in [0.5, 0.6) is 0 Å². The third-order valence-electron chi connectivity index (χ3n) is 3.32. The van der Waals surface area contributed by atoms with Crippen molar-refractivity contribution in [3.63, 3.8) is 0 Å². The van der Waals surface area contributed by atoms with Gasteiger partial charge in [-0.2, -0.15) is 0 Å². The summed E-state index contributed by atoms with van der Waals surface area (Å²) >= 11 is 0. The van der Waals surface area contributed by atoms with Crippen LogP contribution in [0.4, 0.5) is 0 Å². The number of likely N-dealkylation sites (N-methyl/N-ethyl adjacent to an activating group) is 1. The van der Waals surface area contributed by atoms with Crippen molar-refractivity contribution in [1.29, 1.82) is 0 Å². The minimum Gasteiger partial charge on any atom is -0.361 e. The Morgan fingerprint density at radius 2 is 2.32 bits per heavy atom. The number of carbonyl (C=O) groups excluding carboxylic acids is 1. The predicted octanol–water partition coefficient (Wildman–Crippen LogP) is 0.561. The molecule has 1 aliphatic heterocycles. The first kappa shape index (κ1) is 14.0. The van der Waals surface area contributed by atoms with Crippen LogP contribution >= 0.6 is 0 Å². The Balaban J connectivity index is 2.03. The Morgan fingerprint density at radius 3 is 2.79 bits per heavy atom. The van der Waals surface area contributed by atoms with Crippen molar-refractivity contribution < 1.29 is 17.7 Å². The van der Waals surface area contributed by atoms with Gasteiger partial charge in [-0.15, -0.1) is 0 Å². The molecule has 0 N–H and O–H groups in total. The molecule has 1 unspecified atom stereocenters. The maximum atomic E-state index is 12.2. The van der Waals surface area contributed by atoms with Gasteiger partial charge in [-0.1, -0.05) is 5.16 Å². The summed E-state index contributed by atoms with van der Waals surface area (Å²) in [7, 11) is -2.98. The molecule has 2 rings (SSSR count). The summed E-state index contributed by atoms with van der Waals surface area (Å²) < 4.78 is 27.9. The van der Waals surface area contributed by atoms with Crippen LogP contribution in [0, 0.1) is 6.92 Å². The molecule has 1 saturated heterocycles. The zero-order valence-electron chi connectivity index (χ0n) is 11.1. The number of carbonyl (C=O) groups is 1. The number of sulfone groups is 1. The van der Waals surface area contributed by atoms with Gasteiger partial charge in [0.25, 0.3) is 0 Å². The van der Waals surface area contributed by atoms with Crippen molar-refractivity contribution in [3.8, 4) is 0 Å². The smallest absolute Gasteiger partial charge is 0.228 e. The molecule has 19 heavy (non-hydrogen) atoms. The molecule has 0 aliphatic carbocycles. The first-order valence-corrected chi connectivity index (χ1v) is 8.15. The summed E-state index contributed by atoms with van der Waals surface area (Å²) in [5, 5.41) is 3.79. The van der Waals surface area contributed by atoms with Crippen molar-refractivity contribution >= 4 is 15.7 Å². The van der Waals surface area contributed by atoms with E-state index >= 15 is 0 Å².